The van der Waals surface area contributed by atoms with E-state index in [2.05, 4.69) is 16.0 Å². The summed E-state index contributed by atoms with van der Waals surface area (Å²) in [6.07, 6.45) is 5.51. The fourth-order valence-corrected chi connectivity index (χ4v) is 4.56. The molecule has 5 N–H and O–H groups in total. The fourth-order valence-electron chi connectivity index (χ4n) is 4.56. The topological polar surface area (TPSA) is 140 Å². The van der Waals surface area contributed by atoms with Crippen LogP contribution in [0.4, 0.5) is 0 Å². The van der Waals surface area contributed by atoms with Gasteiger partial charge in [-0.25, -0.2) is 0 Å². The molecule has 0 saturated heterocycles. The van der Waals surface area contributed by atoms with E-state index in [4.69, 9.17) is 9.84 Å². The zero-order valence-corrected chi connectivity index (χ0v) is 24.2. The van der Waals surface area contributed by atoms with Crippen LogP contribution in [0.3, 0.4) is 0 Å². The normalized spacial score (nSPS) is 22.0. The molecule has 3 amide bonds. The second kappa shape index (κ2) is 14.7. The van der Waals surface area contributed by atoms with Gasteiger partial charge in [-0.05, 0) is 57.7 Å². The molecule has 1 fully saturated rings. The number of carbonyl (C=O) groups excluding carboxylic acids is 3. The second-order valence-corrected chi connectivity index (χ2v) is 10.9. The summed E-state index contributed by atoms with van der Waals surface area (Å²) in [6.45, 7) is 5.77. The lowest BCUT2D eigenvalue weighted by Crippen LogP contribution is -2.62. The Labute approximate surface area is 241 Å². The number of para-hydroxylation sites is 1. The molecule has 1 aliphatic carbocycles. The first kappa shape index (κ1) is 31.6. The van der Waals surface area contributed by atoms with Gasteiger partial charge in [0.1, 0.15) is 24.1 Å². The van der Waals surface area contributed by atoms with Crippen LogP contribution in [0, 0.1) is 12.8 Å². The van der Waals surface area contributed by atoms with Crippen molar-refractivity contribution in [3.8, 4) is 11.5 Å². The predicted octanol–water partition coefficient (Wildman–Crippen LogP) is 1.99. The number of fused-ring (bicyclic) bond motifs is 1. The van der Waals surface area contributed by atoms with E-state index in [9.17, 15) is 19.5 Å². The number of aromatic hydroxyl groups is 1. The van der Waals surface area contributed by atoms with Crippen molar-refractivity contribution in [2.24, 2.45) is 5.92 Å². The van der Waals surface area contributed by atoms with Gasteiger partial charge in [0.05, 0.1) is 18.2 Å². The third kappa shape index (κ3) is 9.91. The van der Waals surface area contributed by atoms with Gasteiger partial charge in [-0.2, -0.15) is 0 Å². The number of nitrogens with one attached hydrogen (secondary N) is 3. The van der Waals surface area contributed by atoms with Crippen LogP contribution >= 0.6 is 0 Å². The summed E-state index contributed by atoms with van der Waals surface area (Å²) in [7, 11) is 1.51. The maximum Gasteiger partial charge on any atom is 0.246 e. The van der Waals surface area contributed by atoms with Gasteiger partial charge in [-0.3, -0.25) is 14.4 Å². The van der Waals surface area contributed by atoms with Gasteiger partial charge >= 0.3 is 0 Å². The van der Waals surface area contributed by atoms with Crippen molar-refractivity contribution in [3.05, 3.63) is 65.7 Å². The summed E-state index contributed by atoms with van der Waals surface area (Å²) < 4.78 is 5.93. The van der Waals surface area contributed by atoms with Gasteiger partial charge < -0.3 is 35.8 Å². The quantitative estimate of drug-likeness (QED) is 0.375. The van der Waals surface area contributed by atoms with E-state index in [1.54, 1.807) is 18.2 Å². The number of aryl methyl sites for hydroxylation is 1. The highest BCUT2D eigenvalue weighted by molar-refractivity contribution is 5.92. The monoisotopic (exact) mass is 566 g/mol. The molecule has 0 bridgehead atoms. The Morgan fingerprint density at radius 2 is 1.68 bits per heavy atom. The number of phenols is 1. The molecule has 10 nitrogen and oxygen atoms in total. The molecule has 222 valence electrons. The molecule has 1 aliphatic heterocycles. The minimum atomic E-state index is -1.50. The van der Waals surface area contributed by atoms with E-state index < -0.39 is 23.6 Å². The lowest BCUT2D eigenvalue weighted by molar-refractivity contribution is -0.149. The van der Waals surface area contributed by atoms with Gasteiger partial charge in [0.15, 0.2) is 0 Å². The highest BCUT2D eigenvalue weighted by Gasteiger charge is 2.44. The Morgan fingerprint density at radius 3 is 2.32 bits per heavy atom. The van der Waals surface area contributed by atoms with Crippen LogP contribution in [0.15, 0.2) is 54.6 Å². The van der Waals surface area contributed by atoms with Gasteiger partial charge in [0.25, 0.3) is 0 Å². The standard InChI is InChI=1S/C24H34N4O5.C7H8O/c1-24(2,32)21-22(30)27-15-19(29)25-12-6-8-16-7-4-5-9-18(16)33-14-13-26-20(17-10-11-17)23(31)28(21)3;1-6-2-4-7(8)5-3-6/h4-9,17,20-21,26,32H,10-15H2,1-3H3,(H,25,29)(H,27,30);2-5,8H,1H3/b8-6+;. The Morgan fingerprint density at radius 1 is 1.00 bits per heavy atom. The summed E-state index contributed by atoms with van der Waals surface area (Å²) in [5, 5.41) is 27.9. The Hall–Kier alpha value is -3.89. The molecule has 1 heterocycles. The number of carbonyl (C=O) groups is 3. The highest BCUT2D eigenvalue weighted by atomic mass is 16.5. The molecule has 4 rings (SSSR count). The lowest BCUT2D eigenvalue weighted by Gasteiger charge is -2.37. The minimum absolute atomic E-state index is 0.178. The SMILES string of the molecule is CN1C(=O)C(C2CC2)NCCOc2ccccc2/C=C/CNC(=O)CNC(=O)C1C(C)(C)O.Cc1ccc(O)cc1. The maximum atomic E-state index is 13.3. The third-order valence-electron chi connectivity index (χ3n) is 6.83. The first-order chi connectivity index (χ1) is 19.5. The number of phenolic OH excluding ortho intramolecular Hbond substituents is 1. The number of ether oxygens (including phenoxy) is 1. The van der Waals surface area contributed by atoms with Crippen molar-refractivity contribution in [2.45, 2.75) is 51.3 Å². The molecule has 2 aliphatic rings. The maximum absolute atomic E-state index is 13.3. The number of hydrogen-bond donors (Lipinski definition) is 5. The zero-order chi connectivity index (χ0) is 30.0. The van der Waals surface area contributed by atoms with Crippen molar-refractivity contribution in [3.63, 3.8) is 0 Å². The second-order valence-electron chi connectivity index (χ2n) is 10.9. The van der Waals surface area contributed by atoms with Gasteiger partial charge in [-0.1, -0.05) is 48.0 Å². The number of aliphatic hydroxyl groups is 1. The molecule has 0 aromatic heterocycles. The predicted molar refractivity (Wildman–Crippen MR) is 157 cm³/mol. The van der Waals surface area contributed by atoms with Crippen LogP contribution < -0.4 is 20.7 Å². The van der Waals surface area contributed by atoms with Crippen LogP contribution in [-0.2, 0) is 14.4 Å². The first-order valence-corrected chi connectivity index (χ1v) is 13.9. The molecule has 1 saturated carbocycles. The van der Waals surface area contributed by atoms with Crippen molar-refractivity contribution in [2.75, 3.05) is 33.3 Å². The zero-order valence-electron chi connectivity index (χ0n) is 24.2. The molecule has 41 heavy (non-hydrogen) atoms. The number of rotatable bonds is 2. The molecule has 2 aromatic carbocycles. The minimum Gasteiger partial charge on any atom is -0.508 e. The number of nitrogens with zero attached hydrogens (tertiary/aromatic N) is 1. The van der Waals surface area contributed by atoms with Crippen LogP contribution in [0.1, 0.15) is 37.8 Å². The number of hydrogen-bond acceptors (Lipinski definition) is 7. The number of benzene rings is 2. The van der Waals surface area contributed by atoms with E-state index in [0.717, 1.165) is 18.4 Å². The van der Waals surface area contributed by atoms with E-state index in [1.165, 1.54) is 31.4 Å². The average molecular weight is 567 g/mol. The number of likely N-dealkylation sites (N-methyl/N-ethyl adjacent to an activating group) is 1. The molecule has 2 unspecified atom stereocenters. The molecule has 0 spiro atoms. The van der Waals surface area contributed by atoms with Gasteiger partial charge in [0, 0.05) is 25.7 Å². The summed E-state index contributed by atoms with van der Waals surface area (Å²) in [4.78, 5) is 39.7. The van der Waals surface area contributed by atoms with E-state index >= 15 is 0 Å². The molecule has 2 atom stereocenters. The fraction of sp³-hybridized carbons (Fsp3) is 0.452. The lowest BCUT2D eigenvalue weighted by atomic mass is 9.95. The molecular formula is C31H42N4O6. The van der Waals surface area contributed by atoms with Crippen LogP contribution in [0.5, 0.6) is 11.5 Å². The highest BCUT2D eigenvalue weighted by Crippen LogP contribution is 2.34. The van der Waals surface area contributed by atoms with Crippen LogP contribution in [0.2, 0.25) is 0 Å². The van der Waals surface area contributed by atoms with Gasteiger partial charge in [-0.15, -0.1) is 0 Å². The van der Waals surface area contributed by atoms with Crippen molar-refractivity contribution >= 4 is 23.8 Å². The first-order valence-electron chi connectivity index (χ1n) is 13.9. The average Bonchev–Trinajstić information content (AvgIpc) is 3.76. The summed E-state index contributed by atoms with van der Waals surface area (Å²) in [5.41, 5.74) is 0.543. The third-order valence-corrected chi connectivity index (χ3v) is 6.83. The van der Waals surface area contributed by atoms with E-state index in [-0.39, 0.29) is 30.8 Å². The summed E-state index contributed by atoms with van der Waals surface area (Å²) in [5.74, 6) is -0.0123. The molecule has 0 radical (unpaired) electrons. The summed E-state index contributed by atoms with van der Waals surface area (Å²) in [6, 6.07) is 13.0. The van der Waals surface area contributed by atoms with Gasteiger partial charge in [0.2, 0.25) is 17.7 Å². The smallest absolute Gasteiger partial charge is 0.246 e. The Balaban J connectivity index is 0.000000496. The Bertz CT molecular complexity index is 1180. The molecular weight excluding hydrogens is 524 g/mol. The van der Waals surface area contributed by atoms with Crippen LogP contribution in [0.25, 0.3) is 6.08 Å². The van der Waals surface area contributed by atoms with Crippen molar-refractivity contribution in [1.29, 1.82) is 0 Å². The summed E-state index contributed by atoms with van der Waals surface area (Å²) >= 11 is 0. The molecule has 10 heteroatoms. The van der Waals surface area contributed by atoms with Crippen molar-refractivity contribution < 1.29 is 29.3 Å². The van der Waals surface area contributed by atoms with E-state index in [1.807, 2.05) is 49.4 Å². The number of amides is 3. The van der Waals surface area contributed by atoms with Crippen LogP contribution in [-0.4, -0.2) is 83.8 Å². The van der Waals surface area contributed by atoms with Crippen molar-refractivity contribution in [1.82, 2.24) is 20.9 Å². The Kier molecular flexibility index (Phi) is 11.3. The van der Waals surface area contributed by atoms with E-state index in [0.29, 0.717) is 24.7 Å². The largest absolute Gasteiger partial charge is 0.508 e. The molecule has 2 aromatic rings.